The second-order valence-electron chi connectivity index (χ2n) is 5.86. The van der Waals surface area contributed by atoms with Gasteiger partial charge in [0.1, 0.15) is 5.82 Å². The van der Waals surface area contributed by atoms with Gasteiger partial charge in [0.2, 0.25) is 6.10 Å². The van der Waals surface area contributed by atoms with Gasteiger partial charge >= 0.3 is 0 Å². The molecule has 0 saturated carbocycles. The van der Waals surface area contributed by atoms with E-state index < -0.39 is 6.10 Å². The Morgan fingerprint density at radius 1 is 1.15 bits per heavy atom. The number of rotatable bonds is 4. The van der Waals surface area contributed by atoms with Gasteiger partial charge in [-0.3, -0.25) is 4.79 Å². The van der Waals surface area contributed by atoms with Gasteiger partial charge in [-0.15, -0.1) is 11.3 Å². The summed E-state index contributed by atoms with van der Waals surface area (Å²) in [5, 5.41) is 8.87. The molecule has 4 rings (SSSR count). The van der Waals surface area contributed by atoms with Gasteiger partial charge in [0.15, 0.2) is 0 Å². The lowest BCUT2D eigenvalue weighted by Gasteiger charge is -2.12. The molecular weight excluding hydrogens is 351 g/mol. The molecule has 1 aliphatic rings. The fourth-order valence-electron chi connectivity index (χ4n) is 2.81. The fraction of sp³-hybridized carbons (Fsp3) is 0.100. The average molecular weight is 366 g/mol. The van der Waals surface area contributed by atoms with Crippen molar-refractivity contribution >= 4 is 28.6 Å². The summed E-state index contributed by atoms with van der Waals surface area (Å²) < 4.78 is 13.4. The molecule has 0 fully saturated rings. The molecule has 1 N–H and O–H groups in total. The van der Waals surface area contributed by atoms with Crippen molar-refractivity contribution in [2.24, 2.45) is 5.16 Å². The smallest absolute Gasteiger partial charge is 0.268 e. The Morgan fingerprint density at radius 3 is 2.85 bits per heavy atom. The first-order chi connectivity index (χ1) is 12.7. The quantitative estimate of drug-likeness (QED) is 0.728. The van der Waals surface area contributed by atoms with Crippen LogP contribution < -0.4 is 5.32 Å². The standard InChI is InChI=1S/C20H15FN2O2S/c21-14-6-3-5-13(11-14)17-12-18(25-23-17)20(24)22-16-8-2-1-7-15(16)19-9-4-10-26-19/h1-11,18H,12H2,(H,22,24). The van der Waals surface area contributed by atoms with Crippen LogP contribution in [0.3, 0.4) is 0 Å². The summed E-state index contributed by atoms with van der Waals surface area (Å²) in [5.74, 6) is -0.618. The first-order valence-corrected chi connectivity index (χ1v) is 9.01. The predicted octanol–water partition coefficient (Wildman–Crippen LogP) is 4.69. The summed E-state index contributed by atoms with van der Waals surface area (Å²) in [4.78, 5) is 19.0. The molecule has 1 unspecified atom stereocenters. The molecule has 3 aromatic rings. The normalized spacial score (nSPS) is 16.0. The second kappa shape index (κ2) is 7.09. The van der Waals surface area contributed by atoms with Crippen molar-refractivity contribution in [2.75, 3.05) is 5.32 Å². The van der Waals surface area contributed by atoms with Crippen LogP contribution in [0.15, 0.2) is 71.2 Å². The van der Waals surface area contributed by atoms with Crippen molar-refractivity contribution in [3.05, 3.63) is 77.4 Å². The van der Waals surface area contributed by atoms with E-state index in [0.717, 1.165) is 16.1 Å². The lowest BCUT2D eigenvalue weighted by atomic mass is 10.0. The number of nitrogens with zero attached hydrogens (tertiary/aromatic N) is 1. The zero-order valence-corrected chi connectivity index (χ0v) is 14.5. The highest BCUT2D eigenvalue weighted by atomic mass is 32.1. The number of benzene rings is 2. The van der Waals surface area contributed by atoms with Crippen LogP contribution in [-0.2, 0) is 9.63 Å². The minimum atomic E-state index is -0.732. The van der Waals surface area contributed by atoms with Gasteiger partial charge in [0.25, 0.3) is 5.91 Å². The molecule has 26 heavy (non-hydrogen) atoms. The van der Waals surface area contributed by atoms with Gasteiger partial charge in [-0.05, 0) is 29.6 Å². The average Bonchev–Trinajstić information content (AvgIpc) is 3.34. The van der Waals surface area contributed by atoms with Gasteiger partial charge in [0, 0.05) is 28.1 Å². The van der Waals surface area contributed by atoms with Gasteiger partial charge in [-0.2, -0.15) is 0 Å². The van der Waals surface area contributed by atoms with E-state index in [0.29, 0.717) is 17.7 Å². The summed E-state index contributed by atoms with van der Waals surface area (Å²) >= 11 is 1.61. The van der Waals surface area contributed by atoms with Crippen molar-refractivity contribution in [2.45, 2.75) is 12.5 Å². The Balaban J connectivity index is 1.48. The lowest BCUT2D eigenvalue weighted by molar-refractivity contribution is -0.125. The molecule has 0 radical (unpaired) electrons. The van der Waals surface area contributed by atoms with Crippen LogP contribution in [0, 0.1) is 5.82 Å². The van der Waals surface area contributed by atoms with Crippen molar-refractivity contribution in [1.82, 2.24) is 0 Å². The van der Waals surface area contributed by atoms with Crippen LogP contribution in [0.25, 0.3) is 10.4 Å². The molecule has 1 aromatic heterocycles. The Kier molecular flexibility index (Phi) is 4.50. The van der Waals surface area contributed by atoms with E-state index in [-0.39, 0.29) is 11.7 Å². The van der Waals surface area contributed by atoms with Crippen molar-refractivity contribution < 1.29 is 14.0 Å². The van der Waals surface area contributed by atoms with Crippen LogP contribution in [0.1, 0.15) is 12.0 Å². The first-order valence-electron chi connectivity index (χ1n) is 8.13. The summed E-state index contributed by atoms with van der Waals surface area (Å²) in [6.45, 7) is 0. The third-order valence-corrected chi connectivity index (χ3v) is 4.99. The third-order valence-electron chi connectivity index (χ3n) is 4.09. The lowest BCUT2D eigenvalue weighted by Crippen LogP contribution is -2.28. The first kappa shape index (κ1) is 16.5. The number of amides is 1. The molecular formula is C20H15FN2O2S. The van der Waals surface area contributed by atoms with Crippen LogP contribution in [0.4, 0.5) is 10.1 Å². The monoisotopic (exact) mass is 366 g/mol. The van der Waals surface area contributed by atoms with Crippen molar-refractivity contribution in [1.29, 1.82) is 0 Å². The third kappa shape index (κ3) is 3.36. The van der Waals surface area contributed by atoms with Crippen molar-refractivity contribution in [3.63, 3.8) is 0 Å². The Labute approximate surface area is 153 Å². The SMILES string of the molecule is O=C(Nc1ccccc1-c1cccs1)C1CC(c2cccc(F)c2)=NO1. The number of hydrogen-bond acceptors (Lipinski definition) is 4. The largest absolute Gasteiger partial charge is 0.382 e. The highest BCUT2D eigenvalue weighted by Crippen LogP contribution is 2.31. The number of carbonyl (C=O) groups is 1. The van der Waals surface area contributed by atoms with Gasteiger partial charge in [-0.1, -0.05) is 41.6 Å². The van der Waals surface area contributed by atoms with Gasteiger partial charge in [-0.25, -0.2) is 4.39 Å². The topological polar surface area (TPSA) is 50.7 Å². The molecule has 1 aliphatic heterocycles. The minimum Gasteiger partial charge on any atom is -0.382 e. The molecule has 6 heteroatoms. The van der Waals surface area contributed by atoms with Crippen LogP contribution in [0.2, 0.25) is 0 Å². The molecule has 2 aromatic carbocycles. The highest BCUT2D eigenvalue weighted by Gasteiger charge is 2.29. The summed E-state index contributed by atoms with van der Waals surface area (Å²) in [5.41, 5.74) is 2.87. The van der Waals surface area contributed by atoms with E-state index in [9.17, 15) is 9.18 Å². The molecule has 0 spiro atoms. The number of para-hydroxylation sites is 1. The van der Waals surface area contributed by atoms with Crippen LogP contribution in [0.5, 0.6) is 0 Å². The molecule has 4 nitrogen and oxygen atoms in total. The Hall–Kier alpha value is -2.99. The number of anilines is 1. The van der Waals surface area contributed by atoms with Crippen molar-refractivity contribution in [3.8, 4) is 10.4 Å². The van der Waals surface area contributed by atoms with E-state index in [4.69, 9.17) is 4.84 Å². The van der Waals surface area contributed by atoms with Gasteiger partial charge in [0.05, 0.1) is 5.71 Å². The molecule has 1 amide bonds. The molecule has 2 heterocycles. The zero-order chi connectivity index (χ0) is 17.9. The fourth-order valence-corrected chi connectivity index (χ4v) is 3.57. The number of oxime groups is 1. The van der Waals surface area contributed by atoms with E-state index in [1.54, 1.807) is 23.5 Å². The van der Waals surface area contributed by atoms with E-state index in [2.05, 4.69) is 10.5 Å². The summed E-state index contributed by atoms with van der Waals surface area (Å²) in [7, 11) is 0. The molecule has 1 atom stereocenters. The zero-order valence-electron chi connectivity index (χ0n) is 13.7. The Bertz CT molecular complexity index is 969. The number of hydrogen-bond donors (Lipinski definition) is 1. The molecule has 0 aliphatic carbocycles. The maximum absolute atomic E-state index is 13.4. The number of halogens is 1. The van der Waals surface area contributed by atoms with Crippen LogP contribution in [-0.4, -0.2) is 17.7 Å². The molecule has 130 valence electrons. The Morgan fingerprint density at radius 2 is 2.04 bits per heavy atom. The maximum atomic E-state index is 13.4. The predicted molar refractivity (Wildman–Crippen MR) is 101 cm³/mol. The maximum Gasteiger partial charge on any atom is 0.268 e. The molecule has 0 saturated heterocycles. The number of carbonyl (C=O) groups excluding carboxylic acids is 1. The second-order valence-corrected chi connectivity index (χ2v) is 6.81. The van der Waals surface area contributed by atoms with Crippen LogP contribution >= 0.6 is 11.3 Å². The van der Waals surface area contributed by atoms with E-state index in [1.165, 1.54) is 12.1 Å². The summed E-state index contributed by atoms with van der Waals surface area (Å²) in [6.07, 6.45) is -0.430. The summed E-state index contributed by atoms with van der Waals surface area (Å²) in [6, 6.07) is 17.7. The van der Waals surface area contributed by atoms with Gasteiger partial charge < -0.3 is 10.2 Å². The number of thiophene rings is 1. The highest BCUT2D eigenvalue weighted by molar-refractivity contribution is 7.13. The molecule has 0 bridgehead atoms. The number of nitrogens with one attached hydrogen (secondary N) is 1. The van der Waals surface area contributed by atoms with E-state index >= 15 is 0 Å². The van der Waals surface area contributed by atoms with E-state index in [1.807, 2.05) is 41.8 Å². The minimum absolute atomic E-state index is 0.274.